The Morgan fingerprint density at radius 3 is 2.85 bits per heavy atom. The number of carbonyl (C=O) groups is 1. The smallest absolute Gasteiger partial charge is 0.273 e. The van der Waals surface area contributed by atoms with Crippen LogP contribution < -0.4 is 10.1 Å². The molecule has 0 unspecified atom stereocenters. The zero-order valence-electron chi connectivity index (χ0n) is 13.6. The van der Waals surface area contributed by atoms with E-state index in [1.54, 1.807) is 18.3 Å². The highest BCUT2D eigenvalue weighted by atomic mass is 19.1. The molecule has 8 heteroatoms. The van der Waals surface area contributed by atoms with Gasteiger partial charge < -0.3 is 19.6 Å². The molecule has 0 radical (unpaired) electrons. The minimum atomic E-state index is -0.874. The molecule has 2 heterocycles. The lowest BCUT2D eigenvalue weighted by atomic mass is 10.1. The van der Waals surface area contributed by atoms with Gasteiger partial charge in [0.2, 0.25) is 5.89 Å². The molecule has 7 nitrogen and oxygen atoms in total. The van der Waals surface area contributed by atoms with E-state index in [-0.39, 0.29) is 30.6 Å². The van der Waals surface area contributed by atoms with E-state index in [0.29, 0.717) is 11.3 Å². The van der Waals surface area contributed by atoms with Crippen LogP contribution in [0.15, 0.2) is 59.5 Å². The second kappa shape index (κ2) is 8.21. The van der Waals surface area contributed by atoms with E-state index in [0.717, 1.165) is 0 Å². The van der Waals surface area contributed by atoms with Gasteiger partial charge in [0.1, 0.15) is 17.8 Å². The maximum absolute atomic E-state index is 12.8. The Bertz CT molecular complexity index is 852. The van der Waals surface area contributed by atoms with E-state index in [1.165, 1.54) is 36.7 Å². The number of halogens is 1. The normalized spacial score (nSPS) is 11.8. The van der Waals surface area contributed by atoms with Crippen molar-refractivity contribution in [2.75, 3.05) is 6.54 Å². The summed E-state index contributed by atoms with van der Waals surface area (Å²) in [6, 6.07) is 8.92. The fourth-order valence-corrected chi connectivity index (χ4v) is 2.13. The molecule has 2 aromatic heterocycles. The van der Waals surface area contributed by atoms with Crippen LogP contribution in [-0.4, -0.2) is 27.5 Å². The van der Waals surface area contributed by atoms with Gasteiger partial charge in [-0.2, -0.15) is 0 Å². The summed E-state index contributed by atoms with van der Waals surface area (Å²) in [7, 11) is 0. The molecule has 1 atom stereocenters. The summed E-state index contributed by atoms with van der Waals surface area (Å²) in [6.45, 7) is 0.00994. The molecule has 0 spiro atoms. The van der Waals surface area contributed by atoms with Gasteiger partial charge in [-0.1, -0.05) is 6.07 Å². The van der Waals surface area contributed by atoms with Crippen molar-refractivity contribution < 1.29 is 23.4 Å². The van der Waals surface area contributed by atoms with Crippen LogP contribution in [0.2, 0.25) is 0 Å². The van der Waals surface area contributed by atoms with Crippen molar-refractivity contribution in [2.45, 2.75) is 12.7 Å². The Labute approximate surface area is 148 Å². The molecule has 1 amide bonds. The average molecular weight is 357 g/mol. The van der Waals surface area contributed by atoms with Crippen molar-refractivity contribution in [3.8, 4) is 5.75 Å². The topological polar surface area (TPSA) is 97.5 Å². The Morgan fingerprint density at radius 2 is 2.12 bits per heavy atom. The van der Waals surface area contributed by atoms with Crippen LogP contribution in [-0.2, 0) is 6.61 Å². The highest BCUT2D eigenvalue weighted by molar-refractivity contribution is 5.91. The highest BCUT2D eigenvalue weighted by Crippen LogP contribution is 2.14. The molecule has 0 aliphatic heterocycles. The lowest BCUT2D eigenvalue weighted by Gasteiger charge is -2.10. The first-order chi connectivity index (χ1) is 12.6. The average Bonchev–Trinajstić information content (AvgIpc) is 3.15. The van der Waals surface area contributed by atoms with Crippen molar-refractivity contribution in [1.29, 1.82) is 0 Å². The van der Waals surface area contributed by atoms with E-state index >= 15 is 0 Å². The molecule has 26 heavy (non-hydrogen) atoms. The van der Waals surface area contributed by atoms with Crippen molar-refractivity contribution in [1.82, 2.24) is 15.3 Å². The second-order valence-corrected chi connectivity index (χ2v) is 5.38. The number of aromatic nitrogens is 2. The number of pyridine rings is 1. The van der Waals surface area contributed by atoms with Gasteiger partial charge in [0.15, 0.2) is 12.3 Å². The standard InChI is InChI=1S/C18H16FN3O4/c19-13-3-5-14(6-4-13)25-11-17-22-15(10-26-17)18(24)21-9-16(23)12-2-1-7-20-8-12/h1-8,10,16,23H,9,11H2,(H,21,24)/t16-/m0/s1. The van der Waals surface area contributed by atoms with Gasteiger partial charge in [0.05, 0.1) is 6.10 Å². The first-order valence-electron chi connectivity index (χ1n) is 7.81. The predicted molar refractivity (Wildman–Crippen MR) is 88.8 cm³/mol. The van der Waals surface area contributed by atoms with Crippen molar-refractivity contribution in [3.05, 3.63) is 78.0 Å². The number of carbonyl (C=O) groups excluding carboxylic acids is 1. The summed E-state index contributed by atoms with van der Waals surface area (Å²) in [6.07, 6.45) is 3.45. The first-order valence-corrected chi connectivity index (χ1v) is 7.81. The van der Waals surface area contributed by atoms with E-state index in [9.17, 15) is 14.3 Å². The minimum absolute atomic E-state index is 0.00276. The van der Waals surface area contributed by atoms with Gasteiger partial charge in [-0.3, -0.25) is 9.78 Å². The molecule has 0 saturated carbocycles. The quantitative estimate of drug-likeness (QED) is 0.673. The van der Waals surface area contributed by atoms with E-state index in [1.807, 2.05) is 0 Å². The number of ether oxygens (including phenoxy) is 1. The third-order valence-corrected chi connectivity index (χ3v) is 3.49. The molecule has 0 aliphatic rings. The Hall–Kier alpha value is -3.26. The maximum atomic E-state index is 12.8. The molecule has 3 aromatic rings. The zero-order valence-corrected chi connectivity index (χ0v) is 13.6. The number of hydrogen-bond donors (Lipinski definition) is 2. The van der Waals surface area contributed by atoms with Gasteiger partial charge in [0.25, 0.3) is 5.91 Å². The molecule has 134 valence electrons. The fraction of sp³-hybridized carbons (Fsp3) is 0.167. The molecule has 2 N–H and O–H groups in total. The number of aliphatic hydroxyl groups is 1. The van der Waals surface area contributed by atoms with Crippen molar-refractivity contribution >= 4 is 5.91 Å². The minimum Gasteiger partial charge on any atom is -0.484 e. The SMILES string of the molecule is O=C(NC[C@H](O)c1cccnc1)c1coc(COc2ccc(F)cc2)n1. The van der Waals surface area contributed by atoms with Crippen LogP contribution in [0.1, 0.15) is 28.0 Å². The van der Waals surface area contributed by atoms with E-state index in [4.69, 9.17) is 9.15 Å². The number of oxazole rings is 1. The Kier molecular flexibility index (Phi) is 5.55. The van der Waals surface area contributed by atoms with Crippen LogP contribution in [0.3, 0.4) is 0 Å². The molecular weight excluding hydrogens is 341 g/mol. The lowest BCUT2D eigenvalue weighted by molar-refractivity contribution is 0.0911. The molecule has 3 rings (SSSR count). The van der Waals surface area contributed by atoms with Crippen LogP contribution >= 0.6 is 0 Å². The molecule has 0 bridgehead atoms. The number of hydrogen-bond acceptors (Lipinski definition) is 6. The Morgan fingerprint density at radius 1 is 1.31 bits per heavy atom. The van der Waals surface area contributed by atoms with E-state index < -0.39 is 12.0 Å². The fourth-order valence-electron chi connectivity index (χ4n) is 2.13. The second-order valence-electron chi connectivity index (χ2n) is 5.38. The predicted octanol–water partition coefficient (Wildman–Crippen LogP) is 2.25. The van der Waals surface area contributed by atoms with Gasteiger partial charge in [0, 0.05) is 24.5 Å². The number of amides is 1. The van der Waals surface area contributed by atoms with Gasteiger partial charge in [-0.25, -0.2) is 9.37 Å². The summed E-state index contributed by atoms with van der Waals surface area (Å²) in [5.74, 6) is -0.187. The number of nitrogens with one attached hydrogen (secondary N) is 1. The molecule has 1 aromatic carbocycles. The number of rotatable bonds is 7. The number of aliphatic hydroxyl groups excluding tert-OH is 1. The summed E-state index contributed by atoms with van der Waals surface area (Å²) < 4.78 is 23.4. The van der Waals surface area contributed by atoms with Crippen molar-refractivity contribution in [2.24, 2.45) is 0 Å². The highest BCUT2D eigenvalue weighted by Gasteiger charge is 2.15. The number of benzene rings is 1. The first kappa shape index (κ1) is 17.6. The van der Waals surface area contributed by atoms with Crippen LogP contribution in [0.4, 0.5) is 4.39 Å². The van der Waals surface area contributed by atoms with Crippen LogP contribution in [0.25, 0.3) is 0 Å². The summed E-state index contributed by atoms with van der Waals surface area (Å²) in [4.78, 5) is 20.0. The summed E-state index contributed by atoms with van der Waals surface area (Å²) in [5.41, 5.74) is 0.669. The van der Waals surface area contributed by atoms with Crippen LogP contribution in [0, 0.1) is 5.82 Å². The molecule has 0 saturated heterocycles. The Balaban J connectivity index is 1.50. The molecule has 0 aliphatic carbocycles. The summed E-state index contributed by atoms with van der Waals surface area (Å²) >= 11 is 0. The zero-order chi connectivity index (χ0) is 18.4. The van der Waals surface area contributed by atoms with Crippen LogP contribution in [0.5, 0.6) is 5.75 Å². The maximum Gasteiger partial charge on any atom is 0.273 e. The molecule has 0 fully saturated rings. The van der Waals surface area contributed by atoms with Crippen molar-refractivity contribution in [3.63, 3.8) is 0 Å². The van der Waals surface area contributed by atoms with Gasteiger partial charge in [-0.15, -0.1) is 0 Å². The molecular formula is C18H16FN3O4. The van der Waals surface area contributed by atoms with E-state index in [2.05, 4.69) is 15.3 Å². The largest absolute Gasteiger partial charge is 0.484 e. The third kappa shape index (κ3) is 4.64. The third-order valence-electron chi connectivity index (χ3n) is 3.49. The summed E-state index contributed by atoms with van der Waals surface area (Å²) in [5, 5.41) is 12.6. The lowest BCUT2D eigenvalue weighted by Crippen LogP contribution is -2.28. The number of nitrogens with zero attached hydrogens (tertiary/aromatic N) is 2. The monoisotopic (exact) mass is 357 g/mol. The van der Waals surface area contributed by atoms with Gasteiger partial charge >= 0.3 is 0 Å². The van der Waals surface area contributed by atoms with Gasteiger partial charge in [-0.05, 0) is 30.3 Å².